The predicted octanol–water partition coefficient (Wildman–Crippen LogP) is 4.44. The van der Waals surface area contributed by atoms with Gasteiger partial charge in [-0.2, -0.15) is 0 Å². The Hall–Kier alpha value is -1.45. The lowest BCUT2D eigenvalue weighted by molar-refractivity contribution is 0.113. The smallest absolute Gasteiger partial charge is 0.0705 e. The van der Waals surface area contributed by atoms with Crippen molar-refractivity contribution in [3.05, 3.63) is 42.1 Å². The molecular weight excluding hydrogens is 318 g/mol. The van der Waals surface area contributed by atoms with E-state index in [9.17, 15) is 0 Å². The molecule has 1 aliphatic carbocycles. The Bertz CT molecular complexity index is 750. The molecule has 3 fully saturated rings. The third kappa shape index (κ3) is 3.27. The van der Waals surface area contributed by atoms with Gasteiger partial charge in [0.25, 0.3) is 0 Å². The largest absolute Gasteiger partial charge is 0.313 e. The van der Waals surface area contributed by atoms with E-state index in [2.05, 4.69) is 39.9 Å². The van der Waals surface area contributed by atoms with Gasteiger partial charge in [-0.15, -0.1) is 0 Å². The minimum Gasteiger partial charge on any atom is -0.313 e. The van der Waals surface area contributed by atoms with Crippen LogP contribution in [0.25, 0.3) is 10.9 Å². The van der Waals surface area contributed by atoms with Crippen molar-refractivity contribution in [2.75, 3.05) is 13.1 Å². The van der Waals surface area contributed by atoms with Crippen molar-refractivity contribution in [2.45, 2.75) is 57.0 Å². The van der Waals surface area contributed by atoms with E-state index in [1.165, 1.54) is 69.0 Å². The van der Waals surface area contributed by atoms with E-state index >= 15 is 0 Å². The standard InChI is InChI=1S/C23H31N3/c1-2-6-21-17(4-1)12-20(15-26-21)19-9-10-22(25-14-19)18-8-7-16-5-3-11-24-23(16)13-18/h3,5,7-8,11,13,17,19-22,25-26H,1-2,4,6,9-10,12,14-15H2. The van der Waals surface area contributed by atoms with E-state index in [1.807, 2.05) is 12.3 Å². The van der Waals surface area contributed by atoms with Gasteiger partial charge in [0.2, 0.25) is 0 Å². The van der Waals surface area contributed by atoms with Crippen LogP contribution in [0.15, 0.2) is 36.5 Å². The molecule has 1 aromatic carbocycles. The van der Waals surface area contributed by atoms with Crippen LogP contribution < -0.4 is 10.6 Å². The molecular formula is C23H31N3. The van der Waals surface area contributed by atoms with Gasteiger partial charge in [-0.25, -0.2) is 0 Å². The van der Waals surface area contributed by atoms with E-state index in [-0.39, 0.29) is 0 Å². The first-order valence-corrected chi connectivity index (χ1v) is 10.7. The van der Waals surface area contributed by atoms with E-state index in [0.29, 0.717) is 6.04 Å². The van der Waals surface area contributed by atoms with Crippen molar-refractivity contribution in [2.24, 2.45) is 17.8 Å². The Morgan fingerprint density at radius 3 is 2.69 bits per heavy atom. The topological polar surface area (TPSA) is 37.0 Å². The van der Waals surface area contributed by atoms with Gasteiger partial charge in [0, 0.05) is 23.7 Å². The van der Waals surface area contributed by atoms with Crippen molar-refractivity contribution in [3.8, 4) is 0 Å². The average molecular weight is 350 g/mol. The maximum absolute atomic E-state index is 4.53. The molecule has 3 heteroatoms. The zero-order chi connectivity index (χ0) is 17.3. The molecule has 5 unspecified atom stereocenters. The molecule has 3 aliphatic rings. The second-order valence-electron chi connectivity index (χ2n) is 8.81. The highest BCUT2D eigenvalue weighted by Gasteiger charge is 2.36. The maximum Gasteiger partial charge on any atom is 0.0705 e. The summed E-state index contributed by atoms with van der Waals surface area (Å²) in [5.74, 6) is 2.67. The number of hydrogen-bond donors (Lipinski definition) is 2. The molecule has 2 aromatic rings. The van der Waals surface area contributed by atoms with Crippen LogP contribution in [0.5, 0.6) is 0 Å². The van der Waals surface area contributed by atoms with Gasteiger partial charge >= 0.3 is 0 Å². The number of nitrogens with zero attached hydrogens (tertiary/aromatic N) is 1. The van der Waals surface area contributed by atoms with Crippen LogP contribution in [0.4, 0.5) is 0 Å². The normalized spacial score (nSPS) is 35.2. The monoisotopic (exact) mass is 349 g/mol. The van der Waals surface area contributed by atoms with E-state index in [0.717, 1.165) is 29.3 Å². The highest BCUT2D eigenvalue weighted by Crippen LogP contribution is 2.38. The lowest BCUT2D eigenvalue weighted by atomic mass is 9.71. The Morgan fingerprint density at radius 2 is 1.77 bits per heavy atom. The summed E-state index contributed by atoms with van der Waals surface area (Å²) in [4.78, 5) is 4.53. The van der Waals surface area contributed by atoms with Crippen molar-refractivity contribution in [1.29, 1.82) is 0 Å². The molecule has 26 heavy (non-hydrogen) atoms. The Balaban J connectivity index is 1.21. The van der Waals surface area contributed by atoms with Gasteiger partial charge in [0.15, 0.2) is 0 Å². The molecule has 0 spiro atoms. The highest BCUT2D eigenvalue weighted by atomic mass is 15.0. The molecule has 1 saturated carbocycles. The Kier molecular flexibility index (Phi) is 4.68. The zero-order valence-electron chi connectivity index (χ0n) is 15.7. The number of nitrogens with one attached hydrogen (secondary N) is 2. The molecule has 2 aliphatic heterocycles. The molecule has 0 bridgehead atoms. The molecule has 0 amide bonds. The molecule has 2 saturated heterocycles. The van der Waals surface area contributed by atoms with Crippen molar-refractivity contribution in [3.63, 3.8) is 0 Å². The lowest BCUT2D eigenvalue weighted by Crippen LogP contribution is -2.50. The first-order valence-electron chi connectivity index (χ1n) is 10.7. The van der Waals surface area contributed by atoms with Crippen LogP contribution in [0.3, 0.4) is 0 Å². The minimum absolute atomic E-state index is 0.497. The third-order valence-corrected chi connectivity index (χ3v) is 7.31. The molecule has 3 heterocycles. The summed E-state index contributed by atoms with van der Waals surface area (Å²) < 4.78 is 0. The number of aromatic nitrogens is 1. The molecule has 138 valence electrons. The van der Waals surface area contributed by atoms with Crippen LogP contribution in [-0.2, 0) is 0 Å². The SMILES string of the molecule is c1cnc2cc(C3CCC(C4CNC5CCCCC5C4)CN3)ccc2c1. The fourth-order valence-corrected chi connectivity index (χ4v) is 5.76. The fraction of sp³-hybridized carbons (Fsp3) is 0.609. The van der Waals surface area contributed by atoms with Crippen LogP contribution in [-0.4, -0.2) is 24.1 Å². The lowest BCUT2D eigenvalue weighted by Gasteiger charge is -2.44. The van der Waals surface area contributed by atoms with Crippen molar-refractivity contribution in [1.82, 2.24) is 15.6 Å². The van der Waals surface area contributed by atoms with Crippen molar-refractivity contribution < 1.29 is 0 Å². The summed E-state index contributed by atoms with van der Waals surface area (Å²) in [6, 6.07) is 12.3. The average Bonchev–Trinajstić information content (AvgIpc) is 2.73. The second kappa shape index (κ2) is 7.28. The summed E-state index contributed by atoms with van der Waals surface area (Å²) >= 11 is 0. The molecule has 0 radical (unpaired) electrons. The molecule has 3 nitrogen and oxygen atoms in total. The maximum atomic E-state index is 4.53. The van der Waals surface area contributed by atoms with Gasteiger partial charge in [-0.05, 0) is 80.6 Å². The minimum atomic E-state index is 0.497. The summed E-state index contributed by atoms with van der Waals surface area (Å²) in [5, 5.41) is 9.00. The first kappa shape index (κ1) is 16.7. The number of benzene rings is 1. The third-order valence-electron chi connectivity index (χ3n) is 7.31. The Morgan fingerprint density at radius 1 is 0.846 bits per heavy atom. The van der Waals surface area contributed by atoms with Gasteiger partial charge in [0.05, 0.1) is 5.52 Å². The number of rotatable bonds is 2. The number of piperidine rings is 2. The van der Waals surface area contributed by atoms with E-state index in [4.69, 9.17) is 0 Å². The zero-order valence-corrected chi connectivity index (χ0v) is 15.7. The number of hydrogen-bond acceptors (Lipinski definition) is 3. The second-order valence-corrected chi connectivity index (χ2v) is 8.81. The number of pyridine rings is 1. The van der Waals surface area contributed by atoms with Crippen LogP contribution in [0.1, 0.15) is 56.6 Å². The van der Waals surface area contributed by atoms with Gasteiger partial charge in [-0.1, -0.05) is 31.0 Å². The predicted molar refractivity (Wildman–Crippen MR) is 107 cm³/mol. The molecule has 1 aromatic heterocycles. The molecule has 5 rings (SSSR count). The first-order chi connectivity index (χ1) is 12.9. The molecule has 5 atom stereocenters. The van der Waals surface area contributed by atoms with E-state index < -0.39 is 0 Å². The summed E-state index contributed by atoms with van der Waals surface area (Å²) in [6.07, 6.45) is 11.7. The summed E-state index contributed by atoms with van der Waals surface area (Å²) in [7, 11) is 0. The summed E-state index contributed by atoms with van der Waals surface area (Å²) in [5.41, 5.74) is 2.53. The van der Waals surface area contributed by atoms with E-state index in [1.54, 1.807) is 0 Å². The van der Waals surface area contributed by atoms with Gasteiger partial charge < -0.3 is 10.6 Å². The molecule has 2 N–H and O–H groups in total. The van der Waals surface area contributed by atoms with Gasteiger partial charge in [-0.3, -0.25) is 4.98 Å². The van der Waals surface area contributed by atoms with Crippen LogP contribution in [0, 0.1) is 17.8 Å². The van der Waals surface area contributed by atoms with Crippen LogP contribution >= 0.6 is 0 Å². The van der Waals surface area contributed by atoms with Crippen molar-refractivity contribution >= 4 is 10.9 Å². The highest BCUT2D eigenvalue weighted by molar-refractivity contribution is 5.78. The number of fused-ring (bicyclic) bond motifs is 2. The summed E-state index contributed by atoms with van der Waals surface area (Å²) in [6.45, 7) is 2.42. The quantitative estimate of drug-likeness (QED) is 0.841. The fourth-order valence-electron chi connectivity index (χ4n) is 5.76. The Labute approximate surface area is 157 Å². The van der Waals surface area contributed by atoms with Gasteiger partial charge in [0.1, 0.15) is 0 Å². The van der Waals surface area contributed by atoms with Crippen LogP contribution in [0.2, 0.25) is 0 Å².